The minimum absolute atomic E-state index is 0.637. The molecule has 2 rings (SSSR count). The van der Waals surface area contributed by atoms with Crippen molar-refractivity contribution in [2.75, 3.05) is 30.8 Å². The Kier molecular flexibility index (Phi) is 4.75. The Bertz CT molecular complexity index is 337. The molecular weight excluding hydrogens is 228 g/mol. The Morgan fingerprint density at radius 1 is 1.35 bits per heavy atom. The Morgan fingerprint density at radius 2 is 2.12 bits per heavy atom. The van der Waals surface area contributed by atoms with E-state index in [4.69, 9.17) is 0 Å². The lowest BCUT2D eigenvalue weighted by Gasteiger charge is -2.26. The predicted octanol–water partition coefficient (Wildman–Crippen LogP) is 2.99. The van der Waals surface area contributed by atoms with Gasteiger partial charge in [0.2, 0.25) is 0 Å². The summed E-state index contributed by atoms with van der Waals surface area (Å²) in [6.07, 6.45) is 4.57. The van der Waals surface area contributed by atoms with E-state index >= 15 is 0 Å². The van der Waals surface area contributed by atoms with Gasteiger partial charge in [0.05, 0.1) is 0 Å². The Labute approximate surface area is 109 Å². The highest BCUT2D eigenvalue weighted by molar-refractivity contribution is 7.98. The first-order chi connectivity index (χ1) is 8.33. The number of rotatable bonds is 3. The third-order valence-corrected chi connectivity index (χ3v) is 4.15. The standard InChI is InChI=1S/C14H22N2S/c1-3-12-11-16(10-4-9-15-12)13-5-7-14(17-2)8-6-13/h5-8,12,15H,3-4,9-11H2,1-2H3. The fraction of sp³-hybridized carbons (Fsp3) is 0.571. The van der Waals surface area contributed by atoms with Crippen molar-refractivity contribution in [3.63, 3.8) is 0 Å². The zero-order valence-electron chi connectivity index (χ0n) is 10.8. The summed E-state index contributed by atoms with van der Waals surface area (Å²) in [4.78, 5) is 3.85. The predicted molar refractivity (Wildman–Crippen MR) is 77.1 cm³/mol. The van der Waals surface area contributed by atoms with Crippen molar-refractivity contribution in [1.29, 1.82) is 0 Å². The fourth-order valence-corrected chi connectivity index (χ4v) is 2.71. The minimum Gasteiger partial charge on any atom is -0.370 e. The lowest BCUT2D eigenvalue weighted by Crippen LogP contribution is -2.37. The van der Waals surface area contributed by atoms with Gasteiger partial charge in [0.15, 0.2) is 0 Å². The second-order valence-electron chi connectivity index (χ2n) is 4.56. The van der Waals surface area contributed by atoms with Gasteiger partial charge >= 0.3 is 0 Å². The average molecular weight is 250 g/mol. The molecule has 2 nitrogen and oxygen atoms in total. The van der Waals surface area contributed by atoms with Crippen molar-refractivity contribution in [2.24, 2.45) is 0 Å². The van der Waals surface area contributed by atoms with Crippen LogP contribution in [0.3, 0.4) is 0 Å². The summed E-state index contributed by atoms with van der Waals surface area (Å²) in [7, 11) is 0. The summed E-state index contributed by atoms with van der Waals surface area (Å²) < 4.78 is 0. The Balaban J connectivity index is 2.08. The molecule has 0 bridgehead atoms. The number of hydrogen-bond acceptors (Lipinski definition) is 3. The van der Waals surface area contributed by atoms with Crippen LogP contribution in [-0.4, -0.2) is 31.9 Å². The van der Waals surface area contributed by atoms with E-state index in [1.54, 1.807) is 11.8 Å². The maximum atomic E-state index is 3.61. The van der Waals surface area contributed by atoms with Crippen LogP contribution in [0.15, 0.2) is 29.2 Å². The lowest BCUT2D eigenvalue weighted by molar-refractivity contribution is 0.528. The van der Waals surface area contributed by atoms with Gasteiger partial charge in [-0.2, -0.15) is 0 Å². The van der Waals surface area contributed by atoms with Crippen LogP contribution in [0.1, 0.15) is 19.8 Å². The Morgan fingerprint density at radius 3 is 2.76 bits per heavy atom. The van der Waals surface area contributed by atoms with Crippen LogP contribution in [0.4, 0.5) is 5.69 Å². The molecule has 94 valence electrons. The molecule has 1 aromatic rings. The zero-order chi connectivity index (χ0) is 12.1. The van der Waals surface area contributed by atoms with Crippen LogP contribution in [0.25, 0.3) is 0 Å². The number of benzene rings is 1. The topological polar surface area (TPSA) is 15.3 Å². The van der Waals surface area contributed by atoms with Crippen LogP contribution < -0.4 is 10.2 Å². The third-order valence-electron chi connectivity index (χ3n) is 3.41. The lowest BCUT2D eigenvalue weighted by atomic mass is 10.2. The third kappa shape index (κ3) is 3.39. The summed E-state index contributed by atoms with van der Waals surface area (Å²) in [5.41, 5.74) is 1.37. The first-order valence-electron chi connectivity index (χ1n) is 6.46. The molecule has 0 aromatic heterocycles. The van der Waals surface area contributed by atoms with Crippen molar-refractivity contribution >= 4 is 17.4 Å². The van der Waals surface area contributed by atoms with Crippen molar-refractivity contribution in [3.05, 3.63) is 24.3 Å². The van der Waals surface area contributed by atoms with Gasteiger partial charge in [-0.1, -0.05) is 6.92 Å². The smallest absolute Gasteiger partial charge is 0.0367 e. The number of nitrogens with one attached hydrogen (secondary N) is 1. The van der Waals surface area contributed by atoms with Gasteiger partial charge in [0.1, 0.15) is 0 Å². The molecule has 1 atom stereocenters. The molecule has 1 saturated heterocycles. The molecule has 0 amide bonds. The van der Waals surface area contributed by atoms with E-state index in [9.17, 15) is 0 Å². The highest BCUT2D eigenvalue weighted by Gasteiger charge is 2.16. The molecule has 1 aromatic carbocycles. The van der Waals surface area contributed by atoms with Gasteiger partial charge in [-0.15, -0.1) is 11.8 Å². The van der Waals surface area contributed by atoms with Gasteiger partial charge < -0.3 is 10.2 Å². The molecule has 1 fully saturated rings. The molecule has 17 heavy (non-hydrogen) atoms. The first kappa shape index (κ1) is 12.8. The van der Waals surface area contributed by atoms with E-state index < -0.39 is 0 Å². The Hall–Kier alpha value is -0.670. The van der Waals surface area contributed by atoms with E-state index in [2.05, 4.69) is 47.7 Å². The van der Waals surface area contributed by atoms with Crippen molar-refractivity contribution in [2.45, 2.75) is 30.7 Å². The van der Waals surface area contributed by atoms with Crippen LogP contribution in [-0.2, 0) is 0 Å². The van der Waals surface area contributed by atoms with Gasteiger partial charge in [-0.05, 0) is 49.9 Å². The number of hydrogen-bond donors (Lipinski definition) is 1. The summed E-state index contributed by atoms with van der Waals surface area (Å²) in [6, 6.07) is 9.59. The second kappa shape index (κ2) is 6.31. The van der Waals surface area contributed by atoms with Gasteiger partial charge in [-0.25, -0.2) is 0 Å². The van der Waals surface area contributed by atoms with Gasteiger partial charge in [0, 0.05) is 29.7 Å². The van der Waals surface area contributed by atoms with Crippen LogP contribution in [0, 0.1) is 0 Å². The summed E-state index contributed by atoms with van der Waals surface area (Å²) in [5, 5.41) is 3.61. The maximum absolute atomic E-state index is 3.61. The van der Waals surface area contributed by atoms with Crippen LogP contribution in [0.2, 0.25) is 0 Å². The highest BCUT2D eigenvalue weighted by Crippen LogP contribution is 2.21. The summed E-state index contributed by atoms with van der Waals surface area (Å²) in [5.74, 6) is 0. The quantitative estimate of drug-likeness (QED) is 0.830. The number of anilines is 1. The molecule has 1 heterocycles. The van der Waals surface area contributed by atoms with E-state index in [-0.39, 0.29) is 0 Å². The van der Waals surface area contributed by atoms with E-state index in [0.717, 1.165) is 13.1 Å². The van der Waals surface area contributed by atoms with Crippen molar-refractivity contribution in [3.8, 4) is 0 Å². The normalized spacial score (nSPS) is 21.3. The molecule has 0 spiro atoms. The van der Waals surface area contributed by atoms with Crippen molar-refractivity contribution < 1.29 is 0 Å². The molecule has 0 radical (unpaired) electrons. The molecule has 0 saturated carbocycles. The second-order valence-corrected chi connectivity index (χ2v) is 5.44. The zero-order valence-corrected chi connectivity index (χ0v) is 11.6. The number of thioether (sulfide) groups is 1. The van der Waals surface area contributed by atoms with E-state index in [0.29, 0.717) is 6.04 Å². The molecular formula is C14H22N2S. The van der Waals surface area contributed by atoms with Gasteiger partial charge in [0.25, 0.3) is 0 Å². The molecule has 0 aliphatic carbocycles. The summed E-state index contributed by atoms with van der Waals surface area (Å²) >= 11 is 1.80. The molecule has 3 heteroatoms. The molecule has 1 unspecified atom stereocenters. The average Bonchev–Trinajstić information content (AvgIpc) is 2.64. The maximum Gasteiger partial charge on any atom is 0.0367 e. The molecule has 1 aliphatic rings. The van der Waals surface area contributed by atoms with Crippen molar-refractivity contribution in [1.82, 2.24) is 5.32 Å². The fourth-order valence-electron chi connectivity index (χ4n) is 2.30. The number of nitrogens with zero attached hydrogens (tertiary/aromatic N) is 1. The summed E-state index contributed by atoms with van der Waals surface area (Å²) in [6.45, 7) is 5.72. The largest absolute Gasteiger partial charge is 0.370 e. The van der Waals surface area contributed by atoms with E-state index in [1.165, 1.54) is 30.0 Å². The van der Waals surface area contributed by atoms with Crippen LogP contribution >= 0.6 is 11.8 Å². The highest BCUT2D eigenvalue weighted by atomic mass is 32.2. The first-order valence-corrected chi connectivity index (χ1v) is 7.68. The molecule has 1 N–H and O–H groups in total. The molecule has 1 aliphatic heterocycles. The van der Waals surface area contributed by atoms with E-state index in [1.807, 2.05) is 0 Å². The van der Waals surface area contributed by atoms with Gasteiger partial charge in [-0.3, -0.25) is 0 Å². The van der Waals surface area contributed by atoms with Crippen LogP contribution in [0.5, 0.6) is 0 Å². The SMILES string of the molecule is CCC1CN(c2ccc(SC)cc2)CCCN1. The minimum atomic E-state index is 0.637. The monoisotopic (exact) mass is 250 g/mol.